The number of unbranched alkanes of at least 4 members (excludes halogenated alkanes) is 3. The van der Waals surface area contributed by atoms with Gasteiger partial charge in [-0.15, -0.1) is 0 Å². The number of amides is 1. The van der Waals surface area contributed by atoms with Crippen LogP contribution in [0.1, 0.15) is 63.9 Å². The lowest BCUT2D eigenvalue weighted by atomic mass is 9.94. The Balaban J connectivity index is 1.47. The molecule has 0 radical (unpaired) electrons. The molecule has 2 aliphatic rings. The molecule has 0 saturated carbocycles. The first kappa shape index (κ1) is 18.3. The molecule has 2 N–H and O–H groups in total. The van der Waals surface area contributed by atoms with Crippen molar-refractivity contribution in [1.82, 2.24) is 9.88 Å². The van der Waals surface area contributed by atoms with E-state index in [2.05, 4.69) is 46.5 Å². The standard InChI is InChI=1S/C23H31N3O/c1-2-3-4-5-8-23(27)25-18-9-10-22-20(15-18)21(16-24-22)17-11-13-26-12-6-7-19(26)14-17/h9-11,15-16,19,24H,2-8,12-14H2,1H3,(H,25,27). The zero-order valence-corrected chi connectivity index (χ0v) is 16.4. The van der Waals surface area contributed by atoms with Crippen LogP contribution in [0.3, 0.4) is 0 Å². The van der Waals surface area contributed by atoms with Crippen molar-refractivity contribution in [1.29, 1.82) is 0 Å². The van der Waals surface area contributed by atoms with Crippen LogP contribution in [0.2, 0.25) is 0 Å². The quantitative estimate of drug-likeness (QED) is 0.652. The van der Waals surface area contributed by atoms with Gasteiger partial charge in [-0.2, -0.15) is 0 Å². The number of hydrogen-bond donors (Lipinski definition) is 2. The van der Waals surface area contributed by atoms with Gasteiger partial charge in [0.05, 0.1) is 0 Å². The summed E-state index contributed by atoms with van der Waals surface area (Å²) in [7, 11) is 0. The maximum absolute atomic E-state index is 12.2. The summed E-state index contributed by atoms with van der Waals surface area (Å²) in [6, 6.07) is 6.92. The molecule has 4 nitrogen and oxygen atoms in total. The molecule has 144 valence electrons. The molecule has 1 saturated heterocycles. The number of aromatic nitrogens is 1. The number of aromatic amines is 1. The second kappa shape index (κ2) is 8.30. The summed E-state index contributed by atoms with van der Waals surface area (Å²) in [5, 5.41) is 4.31. The van der Waals surface area contributed by atoms with Crippen LogP contribution >= 0.6 is 0 Å². The molecule has 0 bridgehead atoms. The first-order valence-corrected chi connectivity index (χ1v) is 10.6. The molecule has 1 fully saturated rings. The highest BCUT2D eigenvalue weighted by Gasteiger charge is 2.28. The Morgan fingerprint density at radius 2 is 2.22 bits per heavy atom. The van der Waals surface area contributed by atoms with Crippen LogP contribution in [0.4, 0.5) is 5.69 Å². The lowest BCUT2D eigenvalue weighted by molar-refractivity contribution is -0.116. The van der Waals surface area contributed by atoms with E-state index >= 15 is 0 Å². The van der Waals surface area contributed by atoms with Crippen LogP contribution < -0.4 is 5.32 Å². The predicted molar refractivity (Wildman–Crippen MR) is 113 cm³/mol. The second-order valence-electron chi connectivity index (χ2n) is 8.05. The molecule has 4 rings (SSSR count). The highest BCUT2D eigenvalue weighted by molar-refractivity contribution is 5.98. The minimum Gasteiger partial charge on any atom is -0.361 e. The van der Waals surface area contributed by atoms with E-state index in [9.17, 15) is 4.79 Å². The van der Waals surface area contributed by atoms with Gasteiger partial charge in [-0.1, -0.05) is 32.3 Å². The van der Waals surface area contributed by atoms with Crippen molar-refractivity contribution >= 4 is 28.1 Å². The van der Waals surface area contributed by atoms with Gasteiger partial charge in [-0.25, -0.2) is 0 Å². The van der Waals surface area contributed by atoms with Crippen molar-refractivity contribution in [3.8, 4) is 0 Å². The van der Waals surface area contributed by atoms with Gasteiger partial charge in [-0.05, 0) is 56.0 Å². The van der Waals surface area contributed by atoms with Gasteiger partial charge in [-0.3, -0.25) is 9.69 Å². The van der Waals surface area contributed by atoms with Gasteiger partial charge in [0.15, 0.2) is 0 Å². The van der Waals surface area contributed by atoms with Crippen molar-refractivity contribution in [2.45, 2.75) is 64.3 Å². The zero-order valence-electron chi connectivity index (χ0n) is 16.4. The van der Waals surface area contributed by atoms with E-state index in [4.69, 9.17) is 0 Å². The highest BCUT2D eigenvalue weighted by Crippen LogP contribution is 2.35. The summed E-state index contributed by atoms with van der Waals surface area (Å²) in [5.74, 6) is 0.126. The highest BCUT2D eigenvalue weighted by atomic mass is 16.1. The molecule has 27 heavy (non-hydrogen) atoms. The van der Waals surface area contributed by atoms with E-state index in [-0.39, 0.29) is 5.91 Å². The van der Waals surface area contributed by atoms with E-state index in [1.54, 1.807) is 0 Å². The monoisotopic (exact) mass is 365 g/mol. The minimum absolute atomic E-state index is 0.126. The minimum atomic E-state index is 0.126. The van der Waals surface area contributed by atoms with Crippen molar-refractivity contribution in [3.63, 3.8) is 0 Å². The average molecular weight is 366 g/mol. The number of benzene rings is 1. The number of nitrogens with zero attached hydrogens (tertiary/aromatic N) is 1. The Morgan fingerprint density at radius 3 is 3.11 bits per heavy atom. The summed E-state index contributed by atoms with van der Waals surface area (Å²) >= 11 is 0. The van der Waals surface area contributed by atoms with Crippen LogP contribution in [0.25, 0.3) is 16.5 Å². The zero-order chi connectivity index (χ0) is 18.6. The fourth-order valence-corrected chi connectivity index (χ4v) is 4.55. The molecule has 1 aromatic heterocycles. The van der Waals surface area contributed by atoms with Crippen LogP contribution in [-0.2, 0) is 4.79 Å². The van der Waals surface area contributed by atoms with E-state index in [1.165, 1.54) is 48.8 Å². The molecular weight excluding hydrogens is 334 g/mol. The van der Waals surface area contributed by atoms with Gasteiger partial charge in [0.1, 0.15) is 0 Å². The summed E-state index contributed by atoms with van der Waals surface area (Å²) in [6.45, 7) is 4.51. The third-order valence-corrected chi connectivity index (χ3v) is 6.10. The van der Waals surface area contributed by atoms with Crippen molar-refractivity contribution < 1.29 is 4.79 Å². The Morgan fingerprint density at radius 1 is 1.30 bits per heavy atom. The van der Waals surface area contributed by atoms with E-state index in [0.29, 0.717) is 12.5 Å². The van der Waals surface area contributed by atoms with Crippen molar-refractivity contribution in [2.24, 2.45) is 0 Å². The largest absolute Gasteiger partial charge is 0.361 e. The van der Waals surface area contributed by atoms with Crippen LogP contribution in [0.15, 0.2) is 30.5 Å². The smallest absolute Gasteiger partial charge is 0.224 e. The Labute approximate surface area is 162 Å². The third kappa shape index (κ3) is 4.11. The second-order valence-corrected chi connectivity index (χ2v) is 8.05. The molecule has 2 aliphatic heterocycles. The number of rotatable bonds is 7. The van der Waals surface area contributed by atoms with Crippen LogP contribution in [0.5, 0.6) is 0 Å². The Bertz CT molecular complexity index is 835. The summed E-state index contributed by atoms with van der Waals surface area (Å²) < 4.78 is 0. The molecule has 0 aliphatic carbocycles. The van der Waals surface area contributed by atoms with Crippen LogP contribution in [-0.4, -0.2) is 34.9 Å². The molecule has 4 heteroatoms. The lowest BCUT2D eigenvalue weighted by Crippen LogP contribution is -2.32. The number of nitrogens with one attached hydrogen (secondary N) is 2. The molecule has 1 atom stereocenters. The van der Waals surface area contributed by atoms with Gasteiger partial charge >= 0.3 is 0 Å². The first-order valence-electron chi connectivity index (χ1n) is 10.6. The fourth-order valence-electron chi connectivity index (χ4n) is 4.55. The lowest BCUT2D eigenvalue weighted by Gasteiger charge is -2.29. The summed E-state index contributed by atoms with van der Waals surface area (Å²) in [5.41, 5.74) is 4.80. The SMILES string of the molecule is CCCCCCC(=O)Nc1ccc2[nH]cc(C3=CCN4CCCC4C3)c2c1. The van der Waals surface area contributed by atoms with Crippen LogP contribution in [0, 0.1) is 0 Å². The van der Waals surface area contributed by atoms with E-state index in [0.717, 1.165) is 37.0 Å². The van der Waals surface area contributed by atoms with Gasteiger partial charge < -0.3 is 10.3 Å². The normalized spacial score (nSPS) is 19.9. The number of H-pyrrole nitrogens is 1. The number of anilines is 1. The average Bonchev–Trinajstić information content (AvgIpc) is 3.31. The maximum atomic E-state index is 12.2. The maximum Gasteiger partial charge on any atom is 0.224 e. The van der Waals surface area contributed by atoms with E-state index in [1.807, 2.05) is 6.07 Å². The molecule has 1 aromatic carbocycles. The number of carbonyl (C=O) groups is 1. The van der Waals surface area contributed by atoms with Gasteiger partial charge in [0.25, 0.3) is 0 Å². The van der Waals surface area contributed by atoms with Crippen molar-refractivity contribution in [2.75, 3.05) is 18.4 Å². The molecule has 1 unspecified atom stereocenters. The van der Waals surface area contributed by atoms with Gasteiger partial charge in [0.2, 0.25) is 5.91 Å². The topological polar surface area (TPSA) is 48.1 Å². The fraction of sp³-hybridized carbons (Fsp3) is 0.522. The summed E-state index contributed by atoms with van der Waals surface area (Å²) in [6.07, 6.45) is 13.4. The predicted octanol–water partition coefficient (Wildman–Crippen LogP) is 5.33. The Kier molecular flexibility index (Phi) is 5.63. The third-order valence-electron chi connectivity index (χ3n) is 6.10. The molecule has 0 spiro atoms. The Hall–Kier alpha value is -2.07. The molecule has 3 heterocycles. The number of fused-ring (bicyclic) bond motifs is 2. The molecular formula is C23H31N3O. The number of hydrogen-bond acceptors (Lipinski definition) is 2. The first-order chi connectivity index (χ1) is 13.2. The summed E-state index contributed by atoms with van der Waals surface area (Å²) in [4.78, 5) is 18.2. The van der Waals surface area contributed by atoms with Crippen molar-refractivity contribution in [3.05, 3.63) is 36.0 Å². The van der Waals surface area contributed by atoms with Gasteiger partial charge in [0, 0.05) is 47.4 Å². The molecule has 2 aromatic rings. The molecule has 1 amide bonds. The van der Waals surface area contributed by atoms with E-state index < -0.39 is 0 Å². The number of carbonyl (C=O) groups excluding carboxylic acids is 1.